The first-order chi connectivity index (χ1) is 6.70. The van der Waals surface area contributed by atoms with Crippen LogP contribution in [0.25, 0.3) is 0 Å². The van der Waals surface area contributed by atoms with Gasteiger partial charge >= 0.3 is 0 Å². The fourth-order valence-electron chi connectivity index (χ4n) is 2.06. The first-order valence-electron chi connectivity index (χ1n) is 4.85. The third kappa shape index (κ3) is 1.72. The summed E-state index contributed by atoms with van der Waals surface area (Å²) in [4.78, 5) is 4.75. The van der Waals surface area contributed by atoms with E-state index >= 15 is 0 Å². The van der Waals surface area contributed by atoms with E-state index < -0.39 is 0 Å². The summed E-state index contributed by atoms with van der Waals surface area (Å²) < 4.78 is 1.20. The highest BCUT2D eigenvalue weighted by Gasteiger charge is 2.28. The lowest BCUT2D eigenvalue weighted by atomic mass is 10.1. The van der Waals surface area contributed by atoms with Gasteiger partial charge in [0.15, 0.2) is 0 Å². The van der Waals surface area contributed by atoms with Crippen LogP contribution in [0.3, 0.4) is 0 Å². The van der Waals surface area contributed by atoms with Crippen LogP contribution < -0.4 is 0 Å². The molecule has 0 amide bonds. The van der Waals surface area contributed by atoms with Crippen LogP contribution in [0.15, 0.2) is 28.7 Å². The van der Waals surface area contributed by atoms with Gasteiger partial charge in [0.2, 0.25) is 0 Å². The SMILES string of the molecule is CN1CCN(C)C1c1ccccc1Br. The van der Waals surface area contributed by atoms with E-state index in [-0.39, 0.29) is 0 Å². The van der Waals surface area contributed by atoms with Crippen molar-refractivity contribution < 1.29 is 0 Å². The largest absolute Gasteiger partial charge is 0.286 e. The Balaban J connectivity index is 2.34. The zero-order valence-electron chi connectivity index (χ0n) is 8.57. The minimum atomic E-state index is 0.422. The molecule has 3 heteroatoms. The van der Waals surface area contributed by atoms with E-state index in [0.29, 0.717) is 6.17 Å². The van der Waals surface area contributed by atoms with Gasteiger partial charge in [0.25, 0.3) is 0 Å². The second-order valence-corrected chi connectivity index (χ2v) is 4.71. The quantitative estimate of drug-likeness (QED) is 0.759. The molecule has 0 spiro atoms. The van der Waals surface area contributed by atoms with Gasteiger partial charge in [-0.25, -0.2) is 0 Å². The van der Waals surface area contributed by atoms with Crippen LogP contribution in [-0.2, 0) is 0 Å². The monoisotopic (exact) mass is 254 g/mol. The van der Waals surface area contributed by atoms with Gasteiger partial charge in [-0.2, -0.15) is 0 Å². The summed E-state index contributed by atoms with van der Waals surface area (Å²) in [7, 11) is 4.35. The van der Waals surface area contributed by atoms with Crippen LogP contribution >= 0.6 is 15.9 Å². The third-order valence-corrected chi connectivity index (χ3v) is 3.55. The summed E-state index contributed by atoms with van der Waals surface area (Å²) in [5.41, 5.74) is 1.36. The topological polar surface area (TPSA) is 6.48 Å². The van der Waals surface area contributed by atoms with E-state index in [1.54, 1.807) is 0 Å². The maximum Gasteiger partial charge on any atom is 0.0893 e. The molecule has 2 rings (SSSR count). The normalized spacial score (nSPS) is 20.5. The maximum atomic E-state index is 3.61. The first kappa shape index (κ1) is 10.1. The number of hydrogen-bond acceptors (Lipinski definition) is 2. The van der Waals surface area contributed by atoms with Crippen molar-refractivity contribution in [2.75, 3.05) is 27.2 Å². The number of halogens is 1. The van der Waals surface area contributed by atoms with E-state index in [0.717, 1.165) is 13.1 Å². The predicted octanol–water partition coefficient (Wildman–Crippen LogP) is 2.32. The number of hydrogen-bond donors (Lipinski definition) is 0. The van der Waals surface area contributed by atoms with E-state index in [1.807, 2.05) is 0 Å². The van der Waals surface area contributed by atoms with Crippen LogP contribution in [0.4, 0.5) is 0 Å². The Morgan fingerprint density at radius 1 is 1.14 bits per heavy atom. The molecule has 0 bridgehead atoms. The summed E-state index contributed by atoms with van der Waals surface area (Å²) >= 11 is 3.61. The lowest BCUT2D eigenvalue weighted by Gasteiger charge is -2.26. The Morgan fingerprint density at radius 3 is 2.29 bits per heavy atom. The molecular formula is C11H15BrN2. The summed E-state index contributed by atoms with van der Waals surface area (Å²) in [6, 6.07) is 8.45. The van der Waals surface area contributed by atoms with Crippen LogP contribution in [0.2, 0.25) is 0 Å². The van der Waals surface area contributed by atoms with Gasteiger partial charge in [0.05, 0.1) is 6.17 Å². The third-order valence-electron chi connectivity index (χ3n) is 2.82. The van der Waals surface area contributed by atoms with Crippen LogP contribution in [0.5, 0.6) is 0 Å². The standard InChI is InChI=1S/C11H15BrN2/c1-13-7-8-14(2)11(13)9-5-3-4-6-10(9)12/h3-6,11H,7-8H2,1-2H3. The molecule has 0 radical (unpaired) electrons. The van der Waals surface area contributed by atoms with Crippen molar-refractivity contribution in [3.8, 4) is 0 Å². The van der Waals surface area contributed by atoms with Gasteiger partial charge in [0.1, 0.15) is 0 Å². The van der Waals surface area contributed by atoms with E-state index in [1.165, 1.54) is 10.0 Å². The molecule has 1 aromatic rings. The molecule has 1 saturated heterocycles. The van der Waals surface area contributed by atoms with Crippen molar-refractivity contribution in [1.29, 1.82) is 0 Å². The van der Waals surface area contributed by atoms with E-state index in [4.69, 9.17) is 0 Å². The smallest absolute Gasteiger partial charge is 0.0893 e. The zero-order chi connectivity index (χ0) is 10.1. The minimum absolute atomic E-state index is 0.422. The minimum Gasteiger partial charge on any atom is -0.286 e. The molecule has 76 valence electrons. The molecule has 2 nitrogen and oxygen atoms in total. The van der Waals surface area contributed by atoms with E-state index in [9.17, 15) is 0 Å². The molecule has 0 aromatic heterocycles. The van der Waals surface area contributed by atoms with Gasteiger partial charge < -0.3 is 0 Å². The van der Waals surface area contributed by atoms with Gasteiger partial charge in [0, 0.05) is 17.6 Å². The molecule has 0 N–H and O–H groups in total. The van der Waals surface area contributed by atoms with Gasteiger partial charge in [-0.05, 0) is 25.7 Å². The van der Waals surface area contributed by atoms with Crippen molar-refractivity contribution in [2.45, 2.75) is 6.17 Å². The number of nitrogens with zero attached hydrogens (tertiary/aromatic N) is 2. The molecule has 1 fully saturated rings. The highest BCUT2D eigenvalue weighted by Crippen LogP contribution is 2.31. The molecule has 14 heavy (non-hydrogen) atoms. The second kappa shape index (κ2) is 4.01. The summed E-state index contributed by atoms with van der Waals surface area (Å²) in [6.45, 7) is 2.28. The molecule has 1 aliphatic rings. The highest BCUT2D eigenvalue weighted by molar-refractivity contribution is 9.10. The first-order valence-corrected chi connectivity index (χ1v) is 5.64. The molecule has 0 atom stereocenters. The van der Waals surface area contributed by atoms with Crippen LogP contribution in [0.1, 0.15) is 11.7 Å². The Kier molecular flexibility index (Phi) is 2.91. The lowest BCUT2D eigenvalue weighted by Crippen LogP contribution is -2.25. The highest BCUT2D eigenvalue weighted by atomic mass is 79.9. The molecule has 1 heterocycles. The second-order valence-electron chi connectivity index (χ2n) is 3.86. The summed E-state index contributed by atoms with van der Waals surface area (Å²) in [6.07, 6.45) is 0.422. The van der Waals surface area contributed by atoms with Crippen molar-refractivity contribution >= 4 is 15.9 Å². The van der Waals surface area contributed by atoms with Gasteiger partial charge in [-0.15, -0.1) is 0 Å². The average Bonchev–Trinajstić information content (AvgIpc) is 2.48. The number of rotatable bonds is 1. The van der Waals surface area contributed by atoms with Crippen LogP contribution in [-0.4, -0.2) is 37.0 Å². The maximum absolute atomic E-state index is 3.61. The van der Waals surface area contributed by atoms with Crippen molar-refractivity contribution in [1.82, 2.24) is 9.80 Å². The Bertz CT molecular complexity index is 317. The Morgan fingerprint density at radius 2 is 1.71 bits per heavy atom. The predicted molar refractivity (Wildman–Crippen MR) is 62.1 cm³/mol. The number of likely N-dealkylation sites (N-methyl/N-ethyl adjacent to an activating group) is 2. The fraction of sp³-hybridized carbons (Fsp3) is 0.455. The van der Waals surface area contributed by atoms with Crippen LogP contribution in [0, 0.1) is 0 Å². The Hall–Kier alpha value is -0.380. The molecule has 0 aliphatic carbocycles. The number of benzene rings is 1. The van der Waals surface area contributed by atoms with Gasteiger partial charge in [-0.3, -0.25) is 9.80 Å². The Labute approximate surface area is 93.6 Å². The van der Waals surface area contributed by atoms with E-state index in [2.05, 4.69) is 64.1 Å². The summed E-state index contributed by atoms with van der Waals surface area (Å²) in [5, 5.41) is 0. The van der Waals surface area contributed by atoms with Gasteiger partial charge in [-0.1, -0.05) is 34.1 Å². The van der Waals surface area contributed by atoms with Crippen molar-refractivity contribution in [2.24, 2.45) is 0 Å². The summed E-state index contributed by atoms with van der Waals surface area (Å²) in [5.74, 6) is 0. The lowest BCUT2D eigenvalue weighted by molar-refractivity contribution is 0.190. The molecule has 1 aliphatic heterocycles. The molecule has 0 saturated carbocycles. The van der Waals surface area contributed by atoms with Crippen molar-refractivity contribution in [3.05, 3.63) is 34.3 Å². The molecular weight excluding hydrogens is 240 g/mol. The molecule has 0 unspecified atom stereocenters. The average molecular weight is 255 g/mol. The zero-order valence-corrected chi connectivity index (χ0v) is 10.2. The molecule has 1 aromatic carbocycles. The van der Waals surface area contributed by atoms with Crippen molar-refractivity contribution in [3.63, 3.8) is 0 Å². The fourth-order valence-corrected chi connectivity index (χ4v) is 2.55.